The van der Waals surface area contributed by atoms with Gasteiger partial charge in [0.2, 0.25) is 0 Å². The number of likely N-dealkylation sites (tertiary alicyclic amines) is 1. The Labute approximate surface area is 114 Å². The summed E-state index contributed by atoms with van der Waals surface area (Å²) in [6, 6.07) is 0. The minimum atomic E-state index is 0.334. The van der Waals surface area contributed by atoms with E-state index in [1.165, 1.54) is 45.3 Å². The van der Waals surface area contributed by atoms with E-state index in [-0.39, 0.29) is 0 Å². The molecule has 0 radical (unpaired) electrons. The Balaban J connectivity index is 2.38. The van der Waals surface area contributed by atoms with Gasteiger partial charge in [-0.1, -0.05) is 13.8 Å². The summed E-state index contributed by atoms with van der Waals surface area (Å²) in [5.41, 5.74) is 6.33. The maximum atomic E-state index is 6.00. The van der Waals surface area contributed by atoms with Crippen LogP contribution in [0.15, 0.2) is 0 Å². The summed E-state index contributed by atoms with van der Waals surface area (Å²) in [7, 11) is 4.50. The van der Waals surface area contributed by atoms with E-state index in [0.29, 0.717) is 5.41 Å². The second-order valence-corrected chi connectivity index (χ2v) is 6.35. The fourth-order valence-corrected chi connectivity index (χ4v) is 3.15. The van der Waals surface area contributed by atoms with Crippen molar-refractivity contribution < 1.29 is 0 Å². The summed E-state index contributed by atoms with van der Waals surface area (Å²) in [6.07, 6.45) is 5.10. The number of rotatable bonds is 7. The lowest BCUT2D eigenvalue weighted by Gasteiger charge is -2.37. The largest absolute Gasteiger partial charge is 0.330 e. The Bertz CT molecular complexity index is 210. The van der Waals surface area contributed by atoms with Gasteiger partial charge in [0.25, 0.3) is 0 Å². The van der Waals surface area contributed by atoms with Crippen LogP contribution in [0.5, 0.6) is 0 Å². The summed E-state index contributed by atoms with van der Waals surface area (Å²) in [6.45, 7) is 10.3. The van der Waals surface area contributed by atoms with Crippen molar-refractivity contribution in [2.75, 3.05) is 46.8 Å². The second kappa shape index (κ2) is 7.46. The first-order valence-electron chi connectivity index (χ1n) is 7.62. The Hall–Kier alpha value is -0.120. The number of piperidine rings is 1. The molecule has 0 amide bonds. The highest BCUT2D eigenvalue weighted by Crippen LogP contribution is 2.27. The van der Waals surface area contributed by atoms with E-state index >= 15 is 0 Å². The molecule has 1 rings (SSSR count). The van der Waals surface area contributed by atoms with E-state index in [9.17, 15) is 0 Å². The number of nitrogens with zero attached hydrogens (tertiary/aromatic N) is 2. The van der Waals surface area contributed by atoms with Gasteiger partial charge in [-0.3, -0.25) is 0 Å². The van der Waals surface area contributed by atoms with Gasteiger partial charge in [-0.05, 0) is 70.7 Å². The summed E-state index contributed by atoms with van der Waals surface area (Å²) < 4.78 is 0. The maximum Gasteiger partial charge on any atom is 0.00469 e. The summed E-state index contributed by atoms with van der Waals surface area (Å²) in [5, 5.41) is 0. The zero-order valence-electron chi connectivity index (χ0n) is 12.9. The van der Waals surface area contributed by atoms with Gasteiger partial charge in [0, 0.05) is 13.1 Å². The van der Waals surface area contributed by atoms with Crippen LogP contribution in [0, 0.1) is 11.3 Å². The summed E-state index contributed by atoms with van der Waals surface area (Å²) in [4.78, 5) is 4.97. The molecule has 108 valence electrons. The summed E-state index contributed by atoms with van der Waals surface area (Å²) in [5.74, 6) is 0.885. The van der Waals surface area contributed by atoms with Crippen molar-refractivity contribution >= 4 is 0 Å². The average molecular weight is 255 g/mol. The third-order valence-corrected chi connectivity index (χ3v) is 4.95. The molecule has 0 aromatic heterocycles. The Kier molecular flexibility index (Phi) is 6.61. The molecule has 0 aliphatic carbocycles. The van der Waals surface area contributed by atoms with Gasteiger partial charge in [-0.25, -0.2) is 0 Å². The molecule has 0 unspecified atom stereocenters. The first kappa shape index (κ1) is 15.9. The van der Waals surface area contributed by atoms with Gasteiger partial charge in [0.15, 0.2) is 0 Å². The Morgan fingerprint density at radius 2 is 1.78 bits per heavy atom. The molecule has 2 N–H and O–H groups in total. The molecule has 1 heterocycles. The molecule has 1 fully saturated rings. The number of hydrogen-bond acceptors (Lipinski definition) is 3. The molecule has 0 spiro atoms. The lowest BCUT2D eigenvalue weighted by Crippen LogP contribution is -2.43. The molecule has 1 saturated heterocycles. The molecule has 0 atom stereocenters. The standard InChI is InChI=1S/C15H33N3/c1-5-15(6-2,12-16)13-18(4)11-14-7-9-17(3)10-8-14/h14H,5-13,16H2,1-4H3. The van der Waals surface area contributed by atoms with Crippen molar-refractivity contribution in [3.63, 3.8) is 0 Å². The molecule has 1 aliphatic rings. The van der Waals surface area contributed by atoms with E-state index in [4.69, 9.17) is 5.73 Å². The predicted molar refractivity (Wildman–Crippen MR) is 79.8 cm³/mol. The first-order valence-corrected chi connectivity index (χ1v) is 7.62. The molecule has 0 aromatic rings. The van der Waals surface area contributed by atoms with Crippen molar-refractivity contribution in [2.24, 2.45) is 17.1 Å². The third-order valence-electron chi connectivity index (χ3n) is 4.95. The van der Waals surface area contributed by atoms with E-state index in [2.05, 4.69) is 37.7 Å². The van der Waals surface area contributed by atoms with E-state index in [0.717, 1.165) is 19.0 Å². The number of nitrogens with two attached hydrogens (primary N) is 1. The van der Waals surface area contributed by atoms with E-state index in [1.54, 1.807) is 0 Å². The van der Waals surface area contributed by atoms with Crippen LogP contribution in [0.3, 0.4) is 0 Å². The van der Waals surface area contributed by atoms with Crippen LogP contribution in [-0.4, -0.2) is 56.6 Å². The quantitative estimate of drug-likeness (QED) is 0.755. The van der Waals surface area contributed by atoms with Gasteiger partial charge in [-0.15, -0.1) is 0 Å². The van der Waals surface area contributed by atoms with Crippen LogP contribution in [0.2, 0.25) is 0 Å². The molecule has 0 saturated carbocycles. The Morgan fingerprint density at radius 3 is 2.22 bits per heavy atom. The third kappa shape index (κ3) is 4.52. The zero-order chi connectivity index (χ0) is 13.6. The average Bonchev–Trinajstić information content (AvgIpc) is 2.39. The topological polar surface area (TPSA) is 32.5 Å². The molecule has 18 heavy (non-hydrogen) atoms. The van der Waals surface area contributed by atoms with Crippen LogP contribution in [0.25, 0.3) is 0 Å². The van der Waals surface area contributed by atoms with Crippen molar-refractivity contribution in [1.82, 2.24) is 9.80 Å². The van der Waals surface area contributed by atoms with Crippen LogP contribution >= 0.6 is 0 Å². The molecular weight excluding hydrogens is 222 g/mol. The van der Waals surface area contributed by atoms with Gasteiger partial charge in [0.1, 0.15) is 0 Å². The SMILES string of the molecule is CCC(CC)(CN)CN(C)CC1CCN(C)CC1. The fourth-order valence-electron chi connectivity index (χ4n) is 3.15. The smallest absolute Gasteiger partial charge is 0.00469 e. The van der Waals surface area contributed by atoms with Crippen LogP contribution in [0.1, 0.15) is 39.5 Å². The van der Waals surface area contributed by atoms with Crippen LogP contribution in [-0.2, 0) is 0 Å². The normalized spacial score (nSPS) is 19.7. The second-order valence-electron chi connectivity index (χ2n) is 6.35. The highest BCUT2D eigenvalue weighted by Gasteiger charge is 2.27. The lowest BCUT2D eigenvalue weighted by molar-refractivity contribution is 0.126. The van der Waals surface area contributed by atoms with Gasteiger partial charge in [-0.2, -0.15) is 0 Å². The number of hydrogen-bond donors (Lipinski definition) is 1. The molecule has 0 bridgehead atoms. The minimum absolute atomic E-state index is 0.334. The van der Waals surface area contributed by atoms with E-state index in [1.807, 2.05) is 0 Å². The molecule has 3 heteroatoms. The van der Waals surface area contributed by atoms with Crippen LogP contribution in [0.4, 0.5) is 0 Å². The monoisotopic (exact) mass is 255 g/mol. The molecular formula is C15H33N3. The van der Waals surface area contributed by atoms with Gasteiger partial charge >= 0.3 is 0 Å². The summed E-state index contributed by atoms with van der Waals surface area (Å²) >= 11 is 0. The van der Waals surface area contributed by atoms with Gasteiger partial charge < -0.3 is 15.5 Å². The maximum absolute atomic E-state index is 6.00. The Morgan fingerprint density at radius 1 is 1.22 bits per heavy atom. The minimum Gasteiger partial charge on any atom is -0.330 e. The van der Waals surface area contributed by atoms with Crippen molar-refractivity contribution in [3.8, 4) is 0 Å². The van der Waals surface area contributed by atoms with E-state index < -0.39 is 0 Å². The lowest BCUT2D eigenvalue weighted by atomic mass is 9.81. The van der Waals surface area contributed by atoms with Crippen LogP contribution < -0.4 is 5.73 Å². The van der Waals surface area contributed by atoms with Crippen molar-refractivity contribution in [2.45, 2.75) is 39.5 Å². The highest BCUT2D eigenvalue weighted by atomic mass is 15.1. The molecule has 1 aliphatic heterocycles. The van der Waals surface area contributed by atoms with Crippen molar-refractivity contribution in [1.29, 1.82) is 0 Å². The first-order chi connectivity index (χ1) is 8.55. The fraction of sp³-hybridized carbons (Fsp3) is 1.00. The zero-order valence-corrected chi connectivity index (χ0v) is 12.9. The molecule has 0 aromatic carbocycles. The molecule has 3 nitrogen and oxygen atoms in total. The highest BCUT2D eigenvalue weighted by molar-refractivity contribution is 4.82. The van der Waals surface area contributed by atoms with Crippen molar-refractivity contribution in [3.05, 3.63) is 0 Å². The van der Waals surface area contributed by atoms with Gasteiger partial charge in [0.05, 0.1) is 0 Å². The predicted octanol–water partition coefficient (Wildman–Crippen LogP) is 2.03.